The van der Waals surface area contributed by atoms with Crippen molar-refractivity contribution in [2.45, 2.75) is 13.8 Å². The van der Waals surface area contributed by atoms with Crippen LogP contribution >= 0.6 is 11.6 Å². The van der Waals surface area contributed by atoms with Crippen LogP contribution < -0.4 is 5.73 Å². The van der Waals surface area contributed by atoms with Gasteiger partial charge in [-0.15, -0.1) is 0 Å². The lowest BCUT2D eigenvalue weighted by atomic mass is 10.1. The minimum atomic E-state index is -1.33. The molecule has 1 aliphatic heterocycles. The van der Waals surface area contributed by atoms with Crippen molar-refractivity contribution in [2.24, 2.45) is 0 Å². The molecule has 0 aliphatic carbocycles. The van der Waals surface area contributed by atoms with Gasteiger partial charge in [0.2, 0.25) is 0 Å². The van der Waals surface area contributed by atoms with Crippen molar-refractivity contribution in [1.82, 2.24) is 4.90 Å². The summed E-state index contributed by atoms with van der Waals surface area (Å²) in [6, 6.07) is 5.33. The Morgan fingerprint density at radius 2 is 1.68 bits per heavy atom. The summed E-state index contributed by atoms with van der Waals surface area (Å²) in [7, 11) is 0. The molecule has 1 heterocycles. The van der Waals surface area contributed by atoms with Crippen LogP contribution in [0.3, 0.4) is 0 Å². The molecule has 0 atom stereocenters. The molecule has 2 aromatic carbocycles. The number of halogens is 3. The maximum Gasteiger partial charge on any atom is 0.270 e. The number of anilines is 1. The number of carbonyl (C=O) groups is 3. The van der Waals surface area contributed by atoms with Gasteiger partial charge in [-0.1, -0.05) is 31.5 Å². The summed E-state index contributed by atoms with van der Waals surface area (Å²) in [5.41, 5.74) is 5.04. The number of fused-ring (bicyclic) bond motifs is 1. The molecule has 0 spiro atoms. The van der Waals surface area contributed by atoms with Crippen molar-refractivity contribution < 1.29 is 23.2 Å². The minimum Gasteiger partial charge on any atom is -0.398 e. The summed E-state index contributed by atoms with van der Waals surface area (Å²) >= 11 is 5.71. The number of imide groups is 3. The average molecular weight is 367 g/mol. The molecule has 0 radical (unpaired) electrons. The fourth-order valence-corrected chi connectivity index (χ4v) is 2.53. The van der Waals surface area contributed by atoms with Gasteiger partial charge in [0.1, 0.15) is 0 Å². The predicted octanol–water partition coefficient (Wildman–Crippen LogP) is 3.66. The van der Waals surface area contributed by atoms with Crippen molar-refractivity contribution >= 4 is 35.0 Å². The van der Waals surface area contributed by atoms with Gasteiger partial charge in [-0.2, -0.15) is 0 Å². The van der Waals surface area contributed by atoms with Crippen molar-refractivity contribution in [3.63, 3.8) is 0 Å². The molecule has 8 heteroatoms. The molecule has 0 unspecified atom stereocenters. The van der Waals surface area contributed by atoms with Gasteiger partial charge in [0, 0.05) is 5.69 Å². The Kier molecular flexibility index (Phi) is 5.18. The van der Waals surface area contributed by atoms with Crippen molar-refractivity contribution in [1.29, 1.82) is 0 Å². The van der Waals surface area contributed by atoms with Crippen LogP contribution in [-0.2, 0) is 0 Å². The van der Waals surface area contributed by atoms with E-state index < -0.39 is 39.9 Å². The average Bonchev–Trinajstić information content (AvgIpc) is 2.84. The summed E-state index contributed by atoms with van der Waals surface area (Å²) in [5, 5.41) is -0.418. The largest absolute Gasteiger partial charge is 0.398 e. The zero-order valence-corrected chi connectivity index (χ0v) is 14.0. The molecule has 2 N–H and O–H groups in total. The number of hydrogen-bond acceptors (Lipinski definition) is 4. The topological polar surface area (TPSA) is 80.5 Å². The molecular formula is C17H13ClF2N2O3. The van der Waals surface area contributed by atoms with Gasteiger partial charge in [-0.25, -0.2) is 13.7 Å². The minimum absolute atomic E-state index is 0.0348. The van der Waals surface area contributed by atoms with E-state index in [0.717, 1.165) is 0 Å². The van der Waals surface area contributed by atoms with E-state index in [2.05, 4.69) is 0 Å². The first kappa shape index (κ1) is 18.5. The Morgan fingerprint density at radius 3 is 2.28 bits per heavy atom. The zero-order valence-electron chi connectivity index (χ0n) is 13.3. The quantitative estimate of drug-likeness (QED) is 0.474. The van der Waals surface area contributed by atoms with E-state index in [4.69, 9.17) is 17.3 Å². The number of nitrogens with two attached hydrogens (primary N) is 1. The third-order valence-electron chi connectivity index (χ3n) is 3.39. The molecule has 25 heavy (non-hydrogen) atoms. The maximum absolute atomic E-state index is 13.3. The lowest BCUT2D eigenvalue weighted by Gasteiger charge is -2.13. The molecular weight excluding hydrogens is 354 g/mol. The Labute approximate surface area is 147 Å². The number of rotatable bonds is 1. The van der Waals surface area contributed by atoms with Crippen molar-refractivity contribution in [3.8, 4) is 0 Å². The number of hydrogen-bond donors (Lipinski definition) is 1. The molecule has 5 nitrogen and oxygen atoms in total. The van der Waals surface area contributed by atoms with Gasteiger partial charge >= 0.3 is 0 Å². The molecule has 3 rings (SSSR count). The van der Waals surface area contributed by atoms with Gasteiger partial charge in [0.15, 0.2) is 11.6 Å². The first-order chi connectivity index (χ1) is 11.8. The highest BCUT2D eigenvalue weighted by atomic mass is 35.5. The first-order valence-electron chi connectivity index (χ1n) is 7.29. The molecule has 0 bridgehead atoms. The molecule has 2 aromatic rings. The summed E-state index contributed by atoms with van der Waals surface area (Å²) in [4.78, 5) is 37.3. The molecule has 1 aliphatic rings. The fraction of sp³-hybridized carbons (Fsp3) is 0.118. The molecule has 3 amide bonds. The van der Waals surface area contributed by atoms with Crippen LogP contribution in [0.1, 0.15) is 44.9 Å². The number of amides is 3. The Hall–Kier alpha value is -2.80. The van der Waals surface area contributed by atoms with Crippen molar-refractivity contribution in [3.05, 3.63) is 63.7 Å². The Morgan fingerprint density at radius 1 is 1.08 bits per heavy atom. The lowest BCUT2D eigenvalue weighted by molar-refractivity contribution is 0.0566. The van der Waals surface area contributed by atoms with Gasteiger partial charge in [-0.3, -0.25) is 14.4 Å². The number of nitrogens with zero attached hydrogens (tertiary/aromatic N) is 1. The van der Waals surface area contributed by atoms with Gasteiger partial charge in [0.05, 0.1) is 21.7 Å². The SMILES string of the molecule is CC.Nc1cccc2c1C(=O)N(C(=O)c1cc(F)c(F)cc1Cl)C2=O. The predicted molar refractivity (Wildman–Crippen MR) is 88.4 cm³/mol. The van der Waals surface area contributed by atoms with Crippen LogP contribution in [0, 0.1) is 11.6 Å². The van der Waals surface area contributed by atoms with E-state index in [1.807, 2.05) is 13.8 Å². The fourth-order valence-electron chi connectivity index (χ4n) is 2.30. The highest BCUT2D eigenvalue weighted by Gasteiger charge is 2.42. The van der Waals surface area contributed by atoms with Crippen LogP contribution in [0.25, 0.3) is 0 Å². The standard InChI is InChI=1S/C15H7ClF2N2O3.C2H6/c16-8-5-10(18)9(17)4-7(8)14(22)20-13(21)6-2-1-3-11(19)12(6)15(20)23;1-2/h1-5H,19H2;1-2H3. The second-order valence-corrected chi connectivity index (χ2v) is 5.17. The summed E-state index contributed by atoms with van der Waals surface area (Å²) in [5.74, 6) is -5.57. The van der Waals surface area contributed by atoms with E-state index in [1.54, 1.807) is 0 Å². The first-order valence-corrected chi connectivity index (χ1v) is 7.67. The molecule has 0 aromatic heterocycles. The van der Waals surface area contributed by atoms with Gasteiger partial charge in [0.25, 0.3) is 17.7 Å². The van der Waals surface area contributed by atoms with Crippen LogP contribution in [0.2, 0.25) is 5.02 Å². The molecule has 0 saturated heterocycles. The van der Waals surface area contributed by atoms with Crippen LogP contribution in [0.15, 0.2) is 30.3 Å². The van der Waals surface area contributed by atoms with Crippen molar-refractivity contribution in [2.75, 3.05) is 5.73 Å². The monoisotopic (exact) mass is 366 g/mol. The molecule has 130 valence electrons. The van der Waals surface area contributed by atoms with E-state index in [-0.39, 0.29) is 16.8 Å². The van der Waals surface area contributed by atoms with Gasteiger partial charge < -0.3 is 5.73 Å². The second-order valence-electron chi connectivity index (χ2n) is 4.77. The smallest absolute Gasteiger partial charge is 0.270 e. The normalized spacial score (nSPS) is 12.6. The number of carbonyl (C=O) groups excluding carboxylic acids is 3. The van der Waals surface area contributed by atoms with Gasteiger partial charge in [-0.05, 0) is 24.3 Å². The third-order valence-corrected chi connectivity index (χ3v) is 3.70. The second kappa shape index (κ2) is 6.98. The van der Waals surface area contributed by atoms with E-state index in [9.17, 15) is 23.2 Å². The Balaban J connectivity index is 0.00000109. The molecule has 0 saturated carbocycles. The van der Waals surface area contributed by atoms with E-state index >= 15 is 0 Å². The van der Waals surface area contributed by atoms with E-state index in [1.165, 1.54) is 18.2 Å². The summed E-state index contributed by atoms with van der Waals surface area (Å²) in [6.07, 6.45) is 0. The number of benzene rings is 2. The highest BCUT2D eigenvalue weighted by molar-refractivity contribution is 6.37. The highest BCUT2D eigenvalue weighted by Crippen LogP contribution is 2.30. The molecule has 0 fully saturated rings. The Bertz CT molecular complexity index is 900. The summed E-state index contributed by atoms with van der Waals surface area (Å²) in [6.45, 7) is 4.00. The van der Waals surface area contributed by atoms with E-state index in [0.29, 0.717) is 17.0 Å². The summed E-state index contributed by atoms with van der Waals surface area (Å²) < 4.78 is 26.4. The lowest BCUT2D eigenvalue weighted by Crippen LogP contribution is -2.36. The zero-order chi connectivity index (χ0) is 18.9. The third kappa shape index (κ3) is 2.98. The number of nitrogen functional groups attached to an aromatic ring is 1. The van der Waals surface area contributed by atoms with Crippen LogP contribution in [-0.4, -0.2) is 22.6 Å². The maximum atomic E-state index is 13.3. The van der Waals surface area contributed by atoms with Crippen LogP contribution in [0.4, 0.5) is 14.5 Å². The van der Waals surface area contributed by atoms with Crippen LogP contribution in [0.5, 0.6) is 0 Å².